The molecular weight excluding hydrogens is 400 g/mol. The highest BCUT2D eigenvalue weighted by atomic mass is 35.5. The van der Waals surface area contributed by atoms with Gasteiger partial charge in [-0.05, 0) is 55.3 Å². The van der Waals surface area contributed by atoms with Crippen molar-refractivity contribution in [2.45, 2.75) is 19.9 Å². The summed E-state index contributed by atoms with van der Waals surface area (Å²) >= 11 is 6.24. The number of aromatic nitrogens is 1. The molecule has 1 aliphatic heterocycles. The number of anilines is 1. The van der Waals surface area contributed by atoms with Crippen molar-refractivity contribution in [2.24, 2.45) is 0 Å². The number of fused-ring (bicyclic) bond motifs is 2. The highest BCUT2D eigenvalue weighted by Crippen LogP contribution is 2.41. The summed E-state index contributed by atoms with van der Waals surface area (Å²) in [6, 6.07) is 15.5. The highest BCUT2D eigenvalue weighted by Gasteiger charge is 2.44. The lowest BCUT2D eigenvalue weighted by molar-refractivity contribution is 0.0970. The number of carbonyl (C=O) groups is 1. The Morgan fingerprint density at radius 1 is 1.00 bits per heavy atom. The van der Waals surface area contributed by atoms with E-state index < -0.39 is 11.9 Å². The van der Waals surface area contributed by atoms with Crippen molar-refractivity contribution in [1.29, 1.82) is 0 Å². The van der Waals surface area contributed by atoms with Crippen molar-refractivity contribution < 1.29 is 9.21 Å². The van der Waals surface area contributed by atoms with E-state index in [1.807, 2.05) is 32.0 Å². The zero-order valence-electron chi connectivity index (χ0n) is 16.3. The van der Waals surface area contributed by atoms with Crippen LogP contribution in [0.5, 0.6) is 0 Å². The lowest BCUT2D eigenvalue weighted by Crippen LogP contribution is -2.30. The molecule has 3 heterocycles. The van der Waals surface area contributed by atoms with Gasteiger partial charge in [0.1, 0.15) is 11.4 Å². The van der Waals surface area contributed by atoms with E-state index in [4.69, 9.17) is 16.0 Å². The fraction of sp³-hybridized carbons (Fsp3) is 0.125. The first kappa shape index (κ1) is 18.6. The Morgan fingerprint density at radius 2 is 1.80 bits per heavy atom. The van der Waals surface area contributed by atoms with E-state index in [9.17, 15) is 9.59 Å². The van der Waals surface area contributed by atoms with Gasteiger partial charge in [-0.1, -0.05) is 41.4 Å². The maximum atomic E-state index is 13.5. The minimum Gasteiger partial charge on any atom is -0.450 e. The first-order chi connectivity index (χ1) is 14.4. The lowest BCUT2D eigenvalue weighted by atomic mass is 9.98. The van der Waals surface area contributed by atoms with Crippen LogP contribution in [0.25, 0.3) is 11.0 Å². The maximum absolute atomic E-state index is 13.5. The number of halogens is 1. The highest BCUT2D eigenvalue weighted by molar-refractivity contribution is 6.30. The number of carbonyl (C=O) groups excluding carboxylic acids is 1. The molecule has 5 rings (SSSR count). The number of aryl methyl sites for hydroxylation is 2. The lowest BCUT2D eigenvalue weighted by Gasteiger charge is -2.24. The molecular formula is C24H17ClN2O3. The first-order valence-corrected chi connectivity index (χ1v) is 9.91. The van der Waals surface area contributed by atoms with Crippen molar-refractivity contribution in [1.82, 2.24) is 4.98 Å². The van der Waals surface area contributed by atoms with Crippen molar-refractivity contribution in [3.8, 4) is 0 Å². The van der Waals surface area contributed by atoms with Gasteiger partial charge in [-0.25, -0.2) is 4.98 Å². The van der Waals surface area contributed by atoms with Gasteiger partial charge in [-0.2, -0.15) is 0 Å². The van der Waals surface area contributed by atoms with Crippen molar-refractivity contribution in [3.05, 3.63) is 104 Å². The molecule has 30 heavy (non-hydrogen) atoms. The van der Waals surface area contributed by atoms with E-state index >= 15 is 0 Å². The quantitative estimate of drug-likeness (QED) is 0.450. The average Bonchev–Trinajstić information content (AvgIpc) is 3.02. The summed E-state index contributed by atoms with van der Waals surface area (Å²) in [5.41, 5.74) is 3.11. The van der Waals surface area contributed by atoms with Crippen LogP contribution in [0.4, 0.5) is 5.82 Å². The topological polar surface area (TPSA) is 63.4 Å². The molecule has 1 atom stereocenters. The van der Waals surface area contributed by atoms with Gasteiger partial charge in [0.2, 0.25) is 5.76 Å². The van der Waals surface area contributed by atoms with Gasteiger partial charge in [-0.3, -0.25) is 14.5 Å². The normalized spacial score (nSPS) is 15.6. The predicted octanol–water partition coefficient (Wildman–Crippen LogP) is 5.21. The van der Waals surface area contributed by atoms with Crippen LogP contribution in [0, 0.1) is 13.8 Å². The van der Waals surface area contributed by atoms with E-state index in [1.165, 1.54) is 4.90 Å². The molecule has 0 spiro atoms. The molecule has 5 nitrogen and oxygen atoms in total. The van der Waals surface area contributed by atoms with Gasteiger partial charge in [0.05, 0.1) is 17.0 Å². The van der Waals surface area contributed by atoms with E-state index in [1.54, 1.807) is 42.6 Å². The van der Waals surface area contributed by atoms with Gasteiger partial charge in [0, 0.05) is 11.2 Å². The molecule has 1 aliphatic rings. The first-order valence-electron chi connectivity index (χ1n) is 9.53. The Kier molecular flexibility index (Phi) is 4.22. The van der Waals surface area contributed by atoms with Crippen LogP contribution in [0.2, 0.25) is 5.02 Å². The van der Waals surface area contributed by atoms with E-state index in [2.05, 4.69) is 4.98 Å². The minimum absolute atomic E-state index is 0.0451. The molecule has 0 fully saturated rings. The van der Waals surface area contributed by atoms with Crippen LogP contribution in [0.3, 0.4) is 0 Å². The van der Waals surface area contributed by atoms with Gasteiger partial charge in [-0.15, -0.1) is 0 Å². The summed E-state index contributed by atoms with van der Waals surface area (Å²) in [5, 5.41) is 0.971. The van der Waals surface area contributed by atoms with Crippen molar-refractivity contribution in [2.75, 3.05) is 4.90 Å². The van der Waals surface area contributed by atoms with Crippen LogP contribution >= 0.6 is 11.6 Å². The number of rotatable bonds is 2. The summed E-state index contributed by atoms with van der Waals surface area (Å²) in [5.74, 6) is 0.0937. The fourth-order valence-electron chi connectivity index (χ4n) is 3.92. The van der Waals surface area contributed by atoms with Crippen LogP contribution in [-0.2, 0) is 0 Å². The Hall–Kier alpha value is -3.44. The Labute approximate surface area is 177 Å². The van der Waals surface area contributed by atoms with Crippen LogP contribution in [-0.4, -0.2) is 10.9 Å². The fourth-order valence-corrected chi connectivity index (χ4v) is 4.12. The predicted molar refractivity (Wildman–Crippen MR) is 116 cm³/mol. The SMILES string of the molecule is Cc1ccc(N2C(=O)c3oc4ccc(C)cc4c(=O)c3C2c2cccc(Cl)c2)nc1. The number of benzene rings is 2. The Morgan fingerprint density at radius 3 is 2.53 bits per heavy atom. The molecule has 6 heteroatoms. The van der Waals surface area contributed by atoms with Gasteiger partial charge in [0.25, 0.3) is 5.91 Å². The molecule has 0 bridgehead atoms. The molecule has 2 aromatic heterocycles. The molecule has 4 aromatic rings. The monoisotopic (exact) mass is 416 g/mol. The second kappa shape index (κ2) is 6.82. The van der Waals surface area contributed by atoms with Crippen molar-refractivity contribution in [3.63, 3.8) is 0 Å². The molecule has 1 amide bonds. The largest absolute Gasteiger partial charge is 0.450 e. The summed E-state index contributed by atoms with van der Waals surface area (Å²) in [7, 11) is 0. The number of amides is 1. The Balaban J connectivity index is 1.83. The third-order valence-corrected chi connectivity index (χ3v) is 5.57. The number of pyridine rings is 1. The van der Waals surface area contributed by atoms with Gasteiger partial charge in [0.15, 0.2) is 5.43 Å². The molecule has 0 saturated heterocycles. The van der Waals surface area contributed by atoms with Gasteiger partial charge < -0.3 is 4.42 Å². The maximum Gasteiger partial charge on any atom is 0.296 e. The van der Waals surface area contributed by atoms with E-state index in [-0.39, 0.29) is 11.2 Å². The van der Waals surface area contributed by atoms with Crippen LogP contribution in [0.1, 0.15) is 38.9 Å². The summed E-state index contributed by atoms with van der Waals surface area (Å²) in [4.78, 5) is 32.9. The van der Waals surface area contributed by atoms with Crippen LogP contribution < -0.4 is 10.3 Å². The third-order valence-electron chi connectivity index (χ3n) is 5.33. The zero-order chi connectivity index (χ0) is 21.0. The number of hydrogen-bond acceptors (Lipinski definition) is 4. The van der Waals surface area contributed by atoms with Crippen molar-refractivity contribution >= 4 is 34.3 Å². The van der Waals surface area contributed by atoms with Crippen LogP contribution in [0.15, 0.2) is 70.0 Å². The molecule has 0 saturated carbocycles. The summed E-state index contributed by atoms with van der Waals surface area (Å²) < 4.78 is 5.96. The minimum atomic E-state index is -0.678. The average molecular weight is 417 g/mol. The molecule has 2 aromatic carbocycles. The standard InChI is InChI=1S/C24H17ClN2O3/c1-13-6-8-18-17(10-13)22(28)20-21(15-4-3-5-16(25)11-15)27(24(29)23(20)30-18)19-9-7-14(2)12-26-19/h3-12,21H,1-2H3. The van der Waals surface area contributed by atoms with E-state index in [0.29, 0.717) is 27.4 Å². The summed E-state index contributed by atoms with van der Waals surface area (Å²) in [6.45, 7) is 3.83. The molecule has 148 valence electrons. The molecule has 0 N–H and O–H groups in total. The third kappa shape index (κ3) is 2.82. The number of nitrogens with zero attached hydrogens (tertiary/aromatic N) is 2. The zero-order valence-corrected chi connectivity index (χ0v) is 17.1. The van der Waals surface area contributed by atoms with E-state index in [0.717, 1.165) is 16.7 Å². The summed E-state index contributed by atoms with van der Waals surface area (Å²) in [6.07, 6.45) is 1.69. The number of hydrogen-bond donors (Lipinski definition) is 0. The molecule has 0 aliphatic carbocycles. The Bertz CT molecular complexity index is 1380. The second-order valence-electron chi connectivity index (χ2n) is 7.50. The smallest absolute Gasteiger partial charge is 0.296 e. The van der Waals surface area contributed by atoms with Gasteiger partial charge >= 0.3 is 0 Å². The molecule has 1 unspecified atom stereocenters. The second-order valence-corrected chi connectivity index (χ2v) is 7.94. The molecule has 0 radical (unpaired) electrons.